The first-order valence-corrected chi connectivity index (χ1v) is 8.29. The van der Waals surface area contributed by atoms with Gasteiger partial charge in [0.15, 0.2) is 0 Å². The average molecular weight is 366 g/mol. The second-order valence-electron chi connectivity index (χ2n) is 5.76. The highest BCUT2D eigenvalue weighted by molar-refractivity contribution is 6.01. The molecule has 1 amide bonds. The Balaban J connectivity index is 2.64. The Labute approximate surface area is 159 Å². The summed E-state index contributed by atoms with van der Waals surface area (Å²) in [6.07, 6.45) is 1.91. The lowest BCUT2D eigenvalue weighted by molar-refractivity contribution is -0.139. The summed E-state index contributed by atoms with van der Waals surface area (Å²) in [5.74, 6) is -1.07. The number of amides is 1. The van der Waals surface area contributed by atoms with Crippen LogP contribution in [0.2, 0.25) is 0 Å². The lowest BCUT2D eigenvalue weighted by atomic mass is 10.1. The van der Waals surface area contributed by atoms with Crippen LogP contribution >= 0.6 is 0 Å². The molecule has 0 aromatic heterocycles. The molecule has 0 saturated heterocycles. The summed E-state index contributed by atoms with van der Waals surface area (Å²) < 4.78 is 4.87. The maximum atomic E-state index is 12.1. The van der Waals surface area contributed by atoms with Gasteiger partial charge in [-0.15, -0.1) is 0 Å². The van der Waals surface area contributed by atoms with Crippen molar-refractivity contribution in [2.24, 2.45) is 0 Å². The number of nitriles is 2. The van der Waals surface area contributed by atoms with E-state index in [1.807, 2.05) is 30.1 Å². The minimum atomic E-state index is -0.543. The third-order valence-corrected chi connectivity index (χ3v) is 3.54. The van der Waals surface area contributed by atoms with Gasteiger partial charge in [-0.25, -0.2) is 4.79 Å². The van der Waals surface area contributed by atoms with Gasteiger partial charge >= 0.3 is 5.97 Å². The smallest absolute Gasteiger partial charge is 0.333 e. The fourth-order valence-corrected chi connectivity index (χ4v) is 2.01. The van der Waals surface area contributed by atoms with E-state index in [0.717, 1.165) is 5.69 Å². The summed E-state index contributed by atoms with van der Waals surface area (Å²) in [6.45, 7) is 5.70. The Morgan fingerprint density at radius 3 is 2.52 bits per heavy atom. The van der Waals surface area contributed by atoms with Gasteiger partial charge in [0, 0.05) is 24.9 Å². The number of esters is 1. The van der Waals surface area contributed by atoms with E-state index in [9.17, 15) is 14.9 Å². The molecule has 140 valence electrons. The lowest BCUT2D eigenvalue weighted by Crippen LogP contribution is -2.29. The molecule has 0 atom stereocenters. The first-order valence-electron chi connectivity index (χ1n) is 8.29. The Hall–Kier alpha value is -3.58. The van der Waals surface area contributed by atoms with Crippen LogP contribution in [0.5, 0.6) is 0 Å². The fourth-order valence-electron chi connectivity index (χ4n) is 2.01. The van der Waals surface area contributed by atoms with Crippen LogP contribution in [0.3, 0.4) is 0 Å². The van der Waals surface area contributed by atoms with Crippen LogP contribution in [0.4, 0.5) is 5.69 Å². The van der Waals surface area contributed by atoms with E-state index in [-0.39, 0.29) is 24.3 Å². The van der Waals surface area contributed by atoms with Gasteiger partial charge in [0.05, 0.1) is 19.0 Å². The van der Waals surface area contributed by atoms with Crippen molar-refractivity contribution in [2.45, 2.75) is 13.3 Å². The molecule has 1 aromatic carbocycles. The monoisotopic (exact) mass is 366 g/mol. The molecule has 0 spiro atoms. The number of benzene rings is 1. The van der Waals surface area contributed by atoms with Crippen molar-refractivity contribution in [1.29, 1.82) is 10.5 Å². The lowest BCUT2D eigenvalue weighted by Gasteiger charge is -2.17. The molecular weight excluding hydrogens is 344 g/mol. The molecule has 27 heavy (non-hydrogen) atoms. The molecule has 1 rings (SSSR count). The molecule has 0 unspecified atom stereocenters. The van der Waals surface area contributed by atoms with Gasteiger partial charge in [0.1, 0.15) is 18.2 Å². The highest BCUT2D eigenvalue weighted by Crippen LogP contribution is 2.16. The zero-order valence-electron chi connectivity index (χ0n) is 15.5. The van der Waals surface area contributed by atoms with Crippen molar-refractivity contribution in [3.8, 4) is 12.1 Å². The largest absolute Gasteiger partial charge is 0.460 e. The van der Waals surface area contributed by atoms with Crippen molar-refractivity contribution >= 4 is 23.6 Å². The molecule has 0 aliphatic heterocycles. The van der Waals surface area contributed by atoms with Gasteiger partial charge < -0.3 is 15.0 Å². The zero-order valence-corrected chi connectivity index (χ0v) is 15.5. The standard InChI is InChI=1S/C20H22N4O3/c1-15(2)20(26)27-12-10-23-19(25)17(14-22)13-16-5-7-18(8-6-16)24(3)11-4-9-21/h5-8,13H,1,4,10-12H2,2-3H3,(H,23,25)/b17-13+. The number of rotatable bonds is 9. The van der Waals surface area contributed by atoms with Gasteiger partial charge in [0.2, 0.25) is 0 Å². The minimum Gasteiger partial charge on any atom is -0.460 e. The second-order valence-corrected chi connectivity index (χ2v) is 5.76. The average Bonchev–Trinajstić information content (AvgIpc) is 2.67. The minimum absolute atomic E-state index is 0.000128. The molecule has 0 bridgehead atoms. The number of carbonyl (C=O) groups is 2. The Kier molecular flexibility index (Phi) is 8.84. The third kappa shape index (κ3) is 7.45. The number of anilines is 1. The van der Waals surface area contributed by atoms with Crippen molar-refractivity contribution < 1.29 is 14.3 Å². The Morgan fingerprint density at radius 2 is 1.96 bits per heavy atom. The van der Waals surface area contributed by atoms with Crippen LogP contribution in [0.25, 0.3) is 6.08 Å². The molecular formula is C20H22N4O3. The highest BCUT2D eigenvalue weighted by atomic mass is 16.5. The van der Waals surface area contributed by atoms with Crippen LogP contribution in [-0.2, 0) is 14.3 Å². The van der Waals surface area contributed by atoms with E-state index in [1.165, 1.54) is 13.0 Å². The maximum absolute atomic E-state index is 12.1. The Bertz CT molecular complexity index is 798. The van der Waals surface area contributed by atoms with Gasteiger partial charge in [-0.2, -0.15) is 10.5 Å². The second kappa shape index (κ2) is 11.1. The number of hydrogen-bond acceptors (Lipinski definition) is 6. The van der Waals surface area contributed by atoms with Crippen molar-refractivity contribution in [3.05, 3.63) is 47.6 Å². The summed E-state index contributed by atoms with van der Waals surface area (Å²) in [5, 5.41) is 20.4. The quantitative estimate of drug-likeness (QED) is 0.311. The molecule has 0 fully saturated rings. The maximum Gasteiger partial charge on any atom is 0.333 e. The normalized spacial score (nSPS) is 10.3. The first-order chi connectivity index (χ1) is 12.9. The van der Waals surface area contributed by atoms with E-state index in [4.69, 9.17) is 10.00 Å². The molecule has 7 nitrogen and oxygen atoms in total. The van der Waals surface area contributed by atoms with E-state index >= 15 is 0 Å². The number of ether oxygens (including phenoxy) is 1. The van der Waals surface area contributed by atoms with Crippen molar-refractivity contribution in [2.75, 3.05) is 31.6 Å². The topological polar surface area (TPSA) is 106 Å². The van der Waals surface area contributed by atoms with E-state index in [2.05, 4.69) is 18.0 Å². The third-order valence-electron chi connectivity index (χ3n) is 3.54. The number of carbonyl (C=O) groups excluding carboxylic acids is 2. The summed E-state index contributed by atoms with van der Waals surface area (Å²) in [7, 11) is 1.89. The zero-order chi connectivity index (χ0) is 20.2. The predicted molar refractivity (Wildman–Crippen MR) is 102 cm³/mol. The summed E-state index contributed by atoms with van der Waals surface area (Å²) in [5.41, 5.74) is 1.87. The number of hydrogen-bond donors (Lipinski definition) is 1. The molecule has 0 aliphatic carbocycles. The van der Waals surface area contributed by atoms with E-state index < -0.39 is 11.9 Å². The predicted octanol–water partition coefficient (Wildman–Crippen LogP) is 2.18. The molecule has 0 heterocycles. The van der Waals surface area contributed by atoms with E-state index in [0.29, 0.717) is 18.5 Å². The fraction of sp³-hybridized carbons (Fsp3) is 0.300. The van der Waals surface area contributed by atoms with E-state index in [1.54, 1.807) is 12.1 Å². The highest BCUT2D eigenvalue weighted by Gasteiger charge is 2.09. The molecule has 0 saturated carbocycles. The summed E-state index contributed by atoms with van der Waals surface area (Å²) in [6, 6.07) is 11.2. The van der Waals surface area contributed by atoms with Crippen molar-refractivity contribution in [1.82, 2.24) is 5.32 Å². The SMILES string of the molecule is C=C(C)C(=O)OCCNC(=O)/C(C#N)=C/c1ccc(N(C)CCC#N)cc1. The van der Waals surface area contributed by atoms with Gasteiger partial charge in [-0.1, -0.05) is 18.7 Å². The number of nitrogens with zero attached hydrogens (tertiary/aromatic N) is 3. The van der Waals surface area contributed by atoms with Crippen LogP contribution in [-0.4, -0.2) is 38.6 Å². The van der Waals surface area contributed by atoms with Crippen LogP contribution < -0.4 is 10.2 Å². The van der Waals surface area contributed by atoms with Crippen LogP contribution in [0.1, 0.15) is 18.9 Å². The molecule has 7 heteroatoms. The number of nitrogens with one attached hydrogen (secondary N) is 1. The first kappa shape index (κ1) is 21.5. The van der Waals surface area contributed by atoms with Crippen LogP contribution in [0, 0.1) is 22.7 Å². The molecule has 0 aliphatic rings. The van der Waals surface area contributed by atoms with Gasteiger partial charge in [-0.05, 0) is 30.7 Å². The summed E-state index contributed by atoms with van der Waals surface area (Å²) in [4.78, 5) is 25.2. The van der Waals surface area contributed by atoms with Gasteiger partial charge in [-0.3, -0.25) is 4.79 Å². The Morgan fingerprint density at radius 1 is 1.30 bits per heavy atom. The van der Waals surface area contributed by atoms with Crippen molar-refractivity contribution in [3.63, 3.8) is 0 Å². The van der Waals surface area contributed by atoms with Crippen LogP contribution in [0.15, 0.2) is 42.0 Å². The molecule has 1 aromatic rings. The summed E-state index contributed by atoms with van der Waals surface area (Å²) >= 11 is 0. The molecule has 0 radical (unpaired) electrons. The molecule has 1 N–H and O–H groups in total. The van der Waals surface area contributed by atoms with Gasteiger partial charge in [0.25, 0.3) is 5.91 Å².